The van der Waals surface area contributed by atoms with Crippen LogP contribution in [0, 0.1) is 0 Å². The monoisotopic (exact) mass is 394 g/mol. The fourth-order valence-corrected chi connectivity index (χ4v) is 4.25. The molecule has 3 nitrogen and oxygen atoms in total. The molecule has 0 aromatic heterocycles. The first-order valence-electron chi connectivity index (χ1n) is 9.20. The summed E-state index contributed by atoms with van der Waals surface area (Å²) < 4.78 is 32.3. The molecule has 0 saturated carbocycles. The van der Waals surface area contributed by atoms with E-state index in [4.69, 9.17) is 0 Å². The van der Waals surface area contributed by atoms with Crippen LogP contribution in [0.1, 0.15) is 82.3 Å². The summed E-state index contributed by atoms with van der Waals surface area (Å²) in [7, 11) is -3.74. The van der Waals surface area contributed by atoms with Gasteiger partial charge in [-0.05, 0) is 34.8 Å². The predicted molar refractivity (Wildman–Crippen MR) is 103 cm³/mol. The van der Waals surface area contributed by atoms with Gasteiger partial charge in [0, 0.05) is 5.75 Å². The van der Waals surface area contributed by atoms with Crippen molar-refractivity contribution in [2.45, 2.75) is 83.3 Å². The Bertz CT molecular complexity index is 547. The van der Waals surface area contributed by atoms with Crippen molar-refractivity contribution in [2.24, 2.45) is 0 Å². The van der Waals surface area contributed by atoms with E-state index >= 15 is 0 Å². The van der Waals surface area contributed by atoms with Crippen LogP contribution in [-0.2, 0) is 21.3 Å². The molecule has 138 valence electrons. The molecule has 1 aromatic carbocycles. The van der Waals surface area contributed by atoms with E-state index in [-0.39, 0.29) is 35.3 Å². The normalized spacial score (nSPS) is 11.3. The Labute approximate surface area is 180 Å². The molecular weight excluding hydrogens is 363 g/mol. The second-order valence-electron chi connectivity index (χ2n) is 6.37. The maximum absolute atomic E-state index is 10.8. The van der Waals surface area contributed by atoms with Gasteiger partial charge < -0.3 is 4.55 Å². The Hall–Kier alpha value is 0.480. The fraction of sp³-hybridized carbons (Fsp3) is 0.684. The van der Waals surface area contributed by atoms with E-state index in [0.29, 0.717) is 10.8 Å². The standard InChI is InChI=1S/C19H32O3S2.Na/c1-2-3-4-5-6-7-8-9-10-11-14-18-15-12-13-16-19(18)17-23-24(20,21)22;/h12-13,15-16H,2-11,14,17H2,1H3,(H,20,21,22);/q;+1/p-1. The maximum atomic E-state index is 10.8. The third kappa shape index (κ3) is 14.2. The molecule has 0 aliphatic rings. The van der Waals surface area contributed by atoms with Gasteiger partial charge in [-0.2, -0.15) is 0 Å². The molecule has 0 bridgehead atoms. The minimum absolute atomic E-state index is 0. The number of unbranched alkanes of at least 4 members (excludes halogenated alkanes) is 9. The first-order chi connectivity index (χ1) is 11.5. The van der Waals surface area contributed by atoms with Gasteiger partial charge in [-0.15, -0.1) is 0 Å². The van der Waals surface area contributed by atoms with Gasteiger partial charge in [0.25, 0.3) is 0 Å². The summed E-state index contributed by atoms with van der Waals surface area (Å²) in [5.74, 6) is 0.250. The molecule has 25 heavy (non-hydrogen) atoms. The van der Waals surface area contributed by atoms with Crippen molar-refractivity contribution in [2.75, 3.05) is 0 Å². The summed E-state index contributed by atoms with van der Waals surface area (Å²) >= 11 is 0. The van der Waals surface area contributed by atoms with Crippen LogP contribution in [0.2, 0.25) is 0 Å². The molecule has 0 N–H and O–H groups in total. The number of aryl methyl sites for hydroxylation is 1. The van der Waals surface area contributed by atoms with Crippen LogP contribution in [0.4, 0.5) is 0 Å². The Morgan fingerprint density at radius 3 is 1.84 bits per heavy atom. The Morgan fingerprint density at radius 1 is 0.840 bits per heavy atom. The van der Waals surface area contributed by atoms with Gasteiger partial charge >= 0.3 is 29.6 Å². The zero-order valence-corrected chi connectivity index (χ0v) is 19.5. The summed E-state index contributed by atoms with van der Waals surface area (Å²) in [6, 6.07) is 7.84. The molecule has 0 aliphatic carbocycles. The van der Waals surface area contributed by atoms with E-state index in [1.807, 2.05) is 24.3 Å². The molecule has 0 spiro atoms. The van der Waals surface area contributed by atoms with Crippen molar-refractivity contribution < 1.29 is 42.5 Å². The second kappa shape index (κ2) is 15.5. The van der Waals surface area contributed by atoms with E-state index in [2.05, 4.69) is 6.92 Å². The van der Waals surface area contributed by atoms with Crippen LogP contribution >= 0.6 is 10.8 Å². The SMILES string of the molecule is CCCCCCCCCCCCc1ccccc1CSS(=O)(=O)[O-].[Na+]. The molecular formula is C19H31NaO3S2. The molecule has 0 amide bonds. The van der Waals surface area contributed by atoms with Gasteiger partial charge in [0.2, 0.25) is 0 Å². The summed E-state index contributed by atoms with van der Waals surface area (Å²) in [5.41, 5.74) is 2.14. The van der Waals surface area contributed by atoms with Gasteiger partial charge in [-0.3, -0.25) is 0 Å². The van der Waals surface area contributed by atoms with Gasteiger partial charge in [0.1, 0.15) is 9.15 Å². The average Bonchev–Trinajstić information content (AvgIpc) is 2.55. The van der Waals surface area contributed by atoms with E-state index in [1.165, 1.54) is 63.4 Å². The molecule has 0 atom stereocenters. The van der Waals surface area contributed by atoms with Crippen molar-refractivity contribution in [3.63, 3.8) is 0 Å². The predicted octanol–water partition coefficient (Wildman–Crippen LogP) is 2.85. The zero-order chi connectivity index (χ0) is 17.7. The molecule has 0 unspecified atom stereocenters. The van der Waals surface area contributed by atoms with Crippen molar-refractivity contribution in [1.29, 1.82) is 0 Å². The summed E-state index contributed by atoms with van der Waals surface area (Å²) in [4.78, 5) is 0. The fourth-order valence-electron chi connectivity index (χ4n) is 2.88. The summed E-state index contributed by atoms with van der Waals surface area (Å²) in [6.45, 7) is 2.25. The first-order valence-corrected chi connectivity index (χ1v) is 12.1. The number of rotatable bonds is 14. The van der Waals surface area contributed by atoms with E-state index < -0.39 is 9.15 Å². The smallest absolute Gasteiger partial charge is 0.739 e. The van der Waals surface area contributed by atoms with E-state index in [0.717, 1.165) is 18.4 Å². The summed E-state index contributed by atoms with van der Waals surface area (Å²) in [5, 5.41) is 0. The van der Waals surface area contributed by atoms with Crippen molar-refractivity contribution in [1.82, 2.24) is 0 Å². The van der Waals surface area contributed by atoms with Crippen LogP contribution in [0.25, 0.3) is 0 Å². The minimum Gasteiger partial charge on any atom is -0.739 e. The van der Waals surface area contributed by atoms with E-state index in [1.54, 1.807) is 0 Å². The number of hydrogen-bond donors (Lipinski definition) is 0. The quantitative estimate of drug-likeness (QED) is 0.211. The topological polar surface area (TPSA) is 57.2 Å². The van der Waals surface area contributed by atoms with Crippen LogP contribution in [0.15, 0.2) is 24.3 Å². The van der Waals surface area contributed by atoms with Crippen LogP contribution in [0.5, 0.6) is 0 Å². The van der Waals surface area contributed by atoms with Gasteiger partial charge in [-0.25, -0.2) is 8.42 Å². The first kappa shape index (κ1) is 25.5. The van der Waals surface area contributed by atoms with Crippen LogP contribution < -0.4 is 29.6 Å². The van der Waals surface area contributed by atoms with Crippen molar-refractivity contribution in [3.8, 4) is 0 Å². The van der Waals surface area contributed by atoms with Crippen LogP contribution in [-0.4, -0.2) is 13.0 Å². The largest absolute Gasteiger partial charge is 1.00 e. The second-order valence-corrected chi connectivity index (χ2v) is 9.64. The Balaban J connectivity index is 0.00000576. The average molecular weight is 395 g/mol. The van der Waals surface area contributed by atoms with Gasteiger partial charge in [0.15, 0.2) is 0 Å². The van der Waals surface area contributed by atoms with Crippen LogP contribution in [0.3, 0.4) is 0 Å². The number of hydrogen-bond acceptors (Lipinski definition) is 4. The van der Waals surface area contributed by atoms with Gasteiger partial charge in [0.05, 0.1) is 0 Å². The molecule has 0 saturated heterocycles. The molecule has 1 aromatic rings. The zero-order valence-electron chi connectivity index (χ0n) is 15.8. The summed E-state index contributed by atoms with van der Waals surface area (Å²) in [6.07, 6.45) is 14.0. The molecule has 0 aliphatic heterocycles. The third-order valence-corrected chi connectivity index (χ3v) is 6.21. The van der Waals surface area contributed by atoms with E-state index in [9.17, 15) is 13.0 Å². The molecule has 6 heteroatoms. The Kier molecular flexibility index (Phi) is 15.8. The maximum Gasteiger partial charge on any atom is 1.00 e. The Morgan fingerprint density at radius 2 is 1.32 bits per heavy atom. The molecule has 0 radical (unpaired) electrons. The third-order valence-electron chi connectivity index (χ3n) is 4.28. The molecule has 1 rings (SSSR count). The van der Waals surface area contributed by atoms with Crippen molar-refractivity contribution >= 4 is 19.9 Å². The number of benzene rings is 1. The van der Waals surface area contributed by atoms with Crippen molar-refractivity contribution in [3.05, 3.63) is 35.4 Å². The minimum atomic E-state index is -4.22. The molecule has 0 fully saturated rings. The molecule has 0 heterocycles. The van der Waals surface area contributed by atoms with Gasteiger partial charge in [-0.1, -0.05) is 89.0 Å².